The molecule has 6 heteroatoms. The van der Waals surface area contributed by atoms with Gasteiger partial charge in [0.25, 0.3) is 0 Å². The largest absolute Gasteiger partial charge is 0.469 e. The molecule has 1 amide bonds. The van der Waals surface area contributed by atoms with Gasteiger partial charge < -0.3 is 10.1 Å². The molecule has 0 spiro atoms. The standard InChI is InChI=1S/C8H12N2O3S/c1-5(11)9-8-10-6(4-14-8)3-7(12)13-2/h6H,3-4H2,1-2H3,(H,9,10,11)/t6-/m0/s1. The number of ether oxygens (including phenoxy) is 1. The molecule has 0 unspecified atom stereocenters. The van der Waals surface area contributed by atoms with Crippen LogP contribution in [0.4, 0.5) is 0 Å². The molecule has 0 aliphatic carbocycles. The first-order chi connectivity index (χ1) is 6.61. The number of esters is 1. The predicted octanol–water partition coefficient (Wildman–Crippen LogP) is 0.157. The molecule has 0 fully saturated rings. The number of carbonyl (C=O) groups is 2. The summed E-state index contributed by atoms with van der Waals surface area (Å²) in [4.78, 5) is 25.8. The molecule has 78 valence electrons. The number of aliphatic imine (C=N–C) groups is 1. The first-order valence-electron chi connectivity index (χ1n) is 4.17. The fraction of sp³-hybridized carbons (Fsp3) is 0.625. The van der Waals surface area contributed by atoms with Crippen molar-refractivity contribution in [1.82, 2.24) is 5.32 Å². The maximum Gasteiger partial charge on any atom is 0.307 e. The third-order valence-electron chi connectivity index (χ3n) is 1.63. The van der Waals surface area contributed by atoms with Gasteiger partial charge in [-0.3, -0.25) is 14.6 Å². The number of nitrogens with zero attached hydrogens (tertiary/aromatic N) is 1. The van der Waals surface area contributed by atoms with Crippen molar-refractivity contribution < 1.29 is 14.3 Å². The quantitative estimate of drug-likeness (QED) is 0.667. The summed E-state index contributed by atoms with van der Waals surface area (Å²) in [5.74, 6) is 0.295. The van der Waals surface area contributed by atoms with Crippen molar-refractivity contribution >= 4 is 28.8 Å². The van der Waals surface area contributed by atoms with Crippen LogP contribution in [0.25, 0.3) is 0 Å². The van der Waals surface area contributed by atoms with Gasteiger partial charge in [-0.1, -0.05) is 11.8 Å². The van der Waals surface area contributed by atoms with Gasteiger partial charge in [0.15, 0.2) is 5.17 Å². The maximum absolute atomic E-state index is 10.9. The Morgan fingerprint density at radius 3 is 3.00 bits per heavy atom. The molecule has 1 rings (SSSR count). The van der Waals surface area contributed by atoms with Crippen LogP contribution < -0.4 is 5.32 Å². The van der Waals surface area contributed by atoms with E-state index in [1.54, 1.807) is 0 Å². The first kappa shape index (κ1) is 11.0. The van der Waals surface area contributed by atoms with E-state index in [-0.39, 0.29) is 24.3 Å². The second kappa shape index (κ2) is 4.99. The molecular weight excluding hydrogens is 204 g/mol. The smallest absolute Gasteiger partial charge is 0.307 e. The molecule has 0 aromatic rings. The van der Waals surface area contributed by atoms with Crippen LogP contribution in [0.2, 0.25) is 0 Å². The summed E-state index contributed by atoms with van der Waals surface area (Å²) in [6.45, 7) is 1.43. The maximum atomic E-state index is 10.9. The zero-order valence-electron chi connectivity index (χ0n) is 8.07. The van der Waals surface area contributed by atoms with Gasteiger partial charge in [-0.05, 0) is 0 Å². The van der Waals surface area contributed by atoms with Crippen molar-refractivity contribution in [2.24, 2.45) is 4.99 Å². The highest BCUT2D eigenvalue weighted by molar-refractivity contribution is 8.14. The van der Waals surface area contributed by atoms with E-state index < -0.39 is 0 Å². The zero-order valence-corrected chi connectivity index (χ0v) is 8.89. The Morgan fingerprint density at radius 1 is 1.71 bits per heavy atom. The van der Waals surface area contributed by atoms with Crippen molar-refractivity contribution in [3.63, 3.8) is 0 Å². The van der Waals surface area contributed by atoms with Crippen LogP contribution in [0.3, 0.4) is 0 Å². The summed E-state index contributed by atoms with van der Waals surface area (Å²) in [5, 5.41) is 3.17. The lowest BCUT2D eigenvalue weighted by molar-refractivity contribution is -0.140. The Morgan fingerprint density at radius 2 is 2.43 bits per heavy atom. The van der Waals surface area contributed by atoms with Crippen LogP contribution in [-0.4, -0.2) is 35.9 Å². The molecule has 0 aromatic heterocycles. The SMILES string of the molecule is COC(=O)C[C@H]1CSC(NC(C)=O)=N1. The fourth-order valence-electron chi connectivity index (χ4n) is 1.01. The minimum atomic E-state index is -0.275. The second-order valence-electron chi connectivity index (χ2n) is 2.86. The van der Waals surface area contributed by atoms with E-state index >= 15 is 0 Å². The third-order valence-corrected chi connectivity index (χ3v) is 2.66. The van der Waals surface area contributed by atoms with Gasteiger partial charge in [-0.25, -0.2) is 0 Å². The minimum absolute atomic E-state index is 0.0747. The Hall–Kier alpha value is -1.04. The van der Waals surface area contributed by atoms with Crippen molar-refractivity contribution in [2.75, 3.05) is 12.9 Å². The molecule has 14 heavy (non-hydrogen) atoms. The fourth-order valence-corrected chi connectivity index (χ4v) is 2.00. The van der Waals surface area contributed by atoms with E-state index in [0.717, 1.165) is 0 Å². The Kier molecular flexibility index (Phi) is 3.94. The van der Waals surface area contributed by atoms with Gasteiger partial charge >= 0.3 is 5.97 Å². The average molecular weight is 216 g/mol. The van der Waals surface area contributed by atoms with Gasteiger partial charge in [-0.15, -0.1) is 0 Å². The number of rotatable bonds is 2. The highest BCUT2D eigenvalue weighted by atomic mass is 32.2. The molecule has 5 nitrogen and oxygen atoms in total. The summed E-state index contributed by atoms with van der Waals surface area (Å²) in [6, 6.07) is -0.0747. The number of nitrogens with one attached hydrogen (secondary N) is 1. The van der Waals surface area contributed by atoms with Gasteiger partial charge in [0.1, 0.15) is 0 Å². The Bertz CT molecular complexity index is 278. The number of amidine groups is 1. The van der Waals surface area contributed by atoms with Crippen molar-refractivity contribution in [2.45, 2.75) is 19.4 Å². The highest BCUT2D eigenvalue weighted by Crippen LogP contribution is 2.18. The van der Waals surface area contributed by atoms with Crippen molar-refractivity contribution in [3.8, 4) is 0 Å². The average Bonchev–Trinajstić information content (AvgIpc) is 2.51. The van der Waals surface area contributed by atoms with Crippen LogP contribution in [0.1, 0.15) is 13.3 Å². The third kappa shape index (κ3) is 3.37. The lowest BCUT2D eigenvalue weighted by Gasteiger charge is -2.02. The minimum Gasteiger partial charge on any atom is -0.469 e. The van der Waals surface area contributed by atoms with E-state index in [9.17, 15) is 9.59 Å². The monoisotopic (exact) mass is 216 g/mol. The van der Waals surface area contributed by atoms with E-state index in [4.69, 9.17) is 0 Å². The molecule has 0 radical (unpaired) electrons. The van der Waals surface area contributed by atoms with Gasteiger partial charge in [0, 0.05) is 12.7 Å². The molecule has 1 heterocycles. The van der Waals surface area contributed by atoms with Gasteiger partial charge in [0.2, 0.25) is 5.91 Å². The molecule has 0 saturated heterocycles. The zero-order chi connectivity index (χ0) is 10.6. The van der Waals surface area contributed by atoms with Crippen LogP contribution in [-0.2, 0) is 14.3 Å². The first-order valence-corrected chi connectivity index (χ1v) is 5.15. The number of methoxy groups -OCH3 is 1. The van der Waals surface area contributed by atoms with Crippen LogP contribution >= 0.6 is 11.8 Å². The lowest BCUT2D eigenvalue weighted by Crippen LogP contribution is -2.24. The lowest BCUT2D eigenvalue weighted by atomic mass is 10.2. The summed E-state index contributed by atoms with van der Waals surface area (Å²) >= 11 is 1.44. The molecule has 1 aliphatic heterocycles. The highest BCUT2D eigenvalue weighted by Gasteiger charge is 2.21. The summed E-state index contributed by atoms with van der Waals surface area (Å²) in [5.41, 5.74) is 0. The van der Waals surface area contributed by atoms with Crippen molar-refractivity contribution in [3.05, 3.63) is 0 Å². The number of amides is 1. The van der Waals surface area contributed by atoms with Crippen LogP contribution in [0.5, 0.6) is 0 Å². The molecule has 1 N–H and O–H groups in total. The van der Waals surface area contributed by atoms with Crippen molar-refractivity contribution in [1.29, 1.82) is 0 Å². The topological polar surface area (TPSA) is 67.8 Å². The van der Waals surface area contributed by atoms with Gasteiger partial charge in [-0.2, -0.15) is 0 Å². The van der Waals surface area contributed by atoms with Crippen LogP contribution in [0, 0.1) is 0 Å². The predicted molar refractivity (Wildman–Crippen MR) is 54.1 cm³/mol. The number of thioether (sulfide) groups is 1. The van der Waals surface area contributed by atoms with E-state index in [0.29, 0.717) is 10.9 Å². The number of hydrogen-bond acceptors (Lipinski definition) is 5. The molecule has 0 bridgehead atoms. The van der Waals surface area contributed by atoms with Gasteiger partial charge in [0.05, 0.1) is 19.6 Å². The van der Waals surface area contributed by atoms with E-state index in [1.807, 2.05) is 0 Å². The molecule has 0 saturated carbocycles. The Balaban J connectivity index is 2.41. The summed E-state index contributed by atoms with van der Waals surface area (Å²) in [6.07, 6.45) is 0.270. The molecule has 1 atom stereocenters. The normalized spacial score (nSPS) is 20.1. The summed E-state index contributed by atoms with van der Waals surface area (Å²) in [7, 11) is 1.35. The van der Waals surface area contributed by atoms with E-state index in [1.165, 1.54) is 25.8 Å². The molecular formula is C8H12N2O3S. The van der Waals surface area contributed by atoms with Crippen LogP contribution in [0.15, 0.2) is 4.99 Å². The molecule has 0 aromatic carbocycles. The van der Waals surface area contributed by atoms with E-state index in [2.05, 4.69) is 15.0 Å². The molecule has 1 aliphatic rings. The number of hydrogen-bond donors (Lipinski definition) is 1. The Labute approximate surface area is 86.3 Å². The summed E-state index contributed by atoms with van der Waals surface area (Å²) < 4.78 is 4.52. The number of carbonyl (C=O) groups excluding carboxylic acids is 2. The second-order valence-corrected chi connectivity index (χ2v) is 3.87.